The Morgan fingerprint density at radius 3 is 2.28 bits per heavy atom. The predicted molar refractivity (Wildman–Crippen MR) is 115 cm³/mol. The second-order valence-corrected chi connectivity index (χ2v) is 9.73. The zero-order chi connectivity index (χ0) is 21.2. The summed E-state index contributed by atoms with van der Waals surface area (Å²) in [7, 11) is -3.87. The van der Waals surface area contributed by atoms with Crippen molar-refractivity contribution in [2.45, 2.75) is 24.7 Å². The first-order valence-electron chi connectivity index (χ1n) is 9.18. The van der Waals surface area contributed by atoms with E-state index in [1.807, 2.05) is 12.1 Å². The van der Waals surface area contributed by atoms with Gasteiger partial charge in [-0.05, 0) is 35.7 Å². The number of hydrogen-bond donors (Lipinski definition) is 1. The van der Waals surface area contributed by atoms with Crippen LogP contribution in [-0.4, -0.2) is 44.9 Å². The number of anilines is 1. The molecule has 0 bridgehead atoms. The van der Waals surface area contributed by atoms with Crippen molar-refractivity contribution in [3.8, 4) is 0 Å². The molecule has 0 aromatic heterocycles. The van der Waals surface area contributed by atoms with Gasteiger partial charge in [0.05, 0.1) is 28.8 Å². The number of benzene rings is 2. The van der Waals surface area contributed by atoms with Crippen LogP contribution < -0.4 is 5.32 Å². The van der Waals surface area contributed by atoms with Crippen LogP contribution in [0, 0.1) is 0 Å². The Morgan fingerprint density at radius 1 is 1.07 bits per heavy atom. The third kappa shape index (κ3) is 4.92. The van der Waals surface area contributed by atoms with Gasteiger partial charge in [-0.1, -0.05) is 49.2 Å². The molecule has 1 fully saturated rings. The van der Waals surface area contributed by atoms with Crippen LogP contribution in [0.15, 0.2) is 41.3 Å². The van der Waals surface area contributed by atoms with E-state index in [9.17, 15) is 13.2 Å². The van der Waals surface area contributed by atoms with E-state index in [2.05, 4.69) is 19.2 Å². The Morgan fingerprint density at radius 2 is 1.69 bits per heavy atom. The first-order valence-corrected chi connectivity index (χ1v) is 11.4. The fourth-order valence-corrected chi connectivity index (χ4v) is 5.22. The van der Waals surface area contributed by atoms with Gasteiger partial charge < -0.3 is 10.1 Å². The van der Waals surface area contributed by atoms with Gasteiger partial charge in [-0.15, -0.1) is 0 Å². The summed E-state index contributed by atoms with van der Waals surface area (Å²) in [6, 6.07) is 9.96. The molecule has 29 heavy (non-hydrogen) atoms. The van der Waals surface area contributed by atoms with Gasteiger partial charge in [0.1, 0.15) is 4.90 Å². The molecular formula is C20H22Cl2N2O4S. The van der Waals surface area contributed by atoms with Crippen LogP contribution >= 0.6 is 23.2 Å². The molecule has 0 aliphatic carbocycles. The van der Waals surface area contributed by atoms with Crippen LogP contribution in [0.3, 0.4) is 0 Å². The number of halogens is 2. The average molecular weight is 457 g/mol. The quantitative estimate of drug-likeness (QED) is 0.723. The fraction of sp³-hybridized carbons (Fsp3) is 0.350. The van der Waals surface area contributed by atoms with Gasteiger partial charge in [0.2, 0.25) is 10.0 Å². The molecule has 0 radical (unpaired) electrons. The van der Waals surface area contributed by atoms with Gasteiger partial charge in [-0.2, -0.15) is 4.31 Å². The molecule has 9 heteroatoms. The Labute approximate surface area is 180 Å². The number of rotatable bonds is 5. The van der Waals surface area contributed by atoms with E-state index in [0.717, 1.165) is 5.56 Å². The highest BCUT2D eigenvalue weighted by Crippen LogP contribution is 2.31. The normalized spacial score (nSPS) is 15.5. The standard InChI is InChI=1S/C20H22Cl2N2O4S/c1-13(2)14-3-5-15(6-4-14)23-20(25)16-11-19(18(22)12-17(16)21)29(26,27)24-7-9-28-10-8-24/h3-6,11-13H,7-10H2,1-2H3,(H,23,25). The van der Waals surface area contributed by atoms with E-state index < -0.39 is 15.9 Å². The zero-order valence-electron chi connectivity index (χ0n) is 16.1. The molecular weight excluding hydrogens is 435 g/mol. The molecule has 2 aromatic rings. The summed E-state index contributed by atoms with van der Waals surface area (Å²) in [5.74, 6) is -0.138. The maximum Gasteiger partial charge on any atom is 0.257 e. The zero-order valence-corrected chi connectivity index (χ0v) is 18.4. The van der Waals surface area contributed by atoms with Crippen molar-refractivity contribution in [3.05, 3.63) is 57.6 Å². The molecule has 1 aliphatic rings. The third-order valence-electron chi connectivity index (χ3n) is 4.69. The first kappa shape index (κ1) is 22.1. The smallest absolute Gasteiger partial charge is 0.257 e. The van der Waals surface area contributed by atoms with E-state index in [1.54, 1.807) is 12.1 Å². The Bertz CT molecular complexity index is 1000. The topological polar surface area (TPSA) is 75.7 Å². The van der Waals surface area contributed by atoms with Gasteiger partial charge in [0.15, 0.2) is 0 Å². The highest BCUT2D eigenvalue weighted by molar-refractivity contribution is 7.89. The molecule has 156 valence electrons. The van der Waals surface area contributed by atoms with Crippen LogP contribution in [0.2, 0.25) is 10.0 Å². The SMILES string of the molecule is CC(C)c1ccc(NC(=O)c2cc(S(=O)(=O)N3CCOCC3)c(Cl)cc2Cl)cc1. The largest absolute Gasteiger partial charge is 0.379 e. The van der Waals surface area contributed by atoms with Crippen molar-refractivity contribution in [3.63, 3.8) is 0 Å². The second kappa shape index (κ2) is 9.02. The lowest BCUT2D eigenvalue weighted by atomic mass is 10.0. The number of amides is 1. The van der Waals surface area contributed by atoms with Gasteiger partial charge in [-0.3, -0.25) is 4.79 Å². The molecule has 0 spiro atoms. The minimum Gasteiger partial charge on any atom is -0.379 e. The first-order chi connectivity index (χ1) is 13.7. The van der Waals surface area contributed by atoms with Gasteiger partial charge in [0, 0.05) is 18.8 Å². The number of nitrogens with zero attached hydrogens (tertiary/aromatic N) is 1. The number of hydrogen-bond acceptors (Lipinski definition) is 4. The number of carbonyl (C=O) groups excluding carboxylic acids is 1. The molecule has 0 unspecified atom stereocenters. The van der Waals surface area contributed by atoms with E-state index in [0.29, 0.717) is 24.8 Å². The van der Waals surface area contributed by atoms with Gasteiger partial charge >= 0.3 is 0 Å². The van der Waals surface area contributed by atoms with Crippen LogP contribution in [0.1, 0.15) is 35.7 Å². The minimum absolute atomic E-state index is 0.0284. The number of sulfonamides is 1. The lowest BCUT2D eigenvalue weighted by molar-refractivity contribution is 0.0730. The minimum atomic E-state index is -3.87. The maximum atomic E-state index is 13.0. The molecule has 3 rings (SSSR count). The Balaban J connectivity index is 1.89. The lowest BCUT2D eigenvalue weighted by Crippen LogP contribution is -2.40. The monoisotopic (exact) mass is 456 g/mol. The maximum absolute atomic E-state index is 13.0. The van der Waals surface area contributed by atoms with E-state index in [1.165, 1.54) is 16.4 Å². The molecule has 1 amide bonds. The molecule has 1 heterocycles. The van der Waals surface area contributed by atoms with Crippen molar-refractivity contribution in [1.29, 1.82) is 0 Å². The van der Waals surface area contributed by atoms with Crippen molar-refractivity contribution >= 4 is 44.8 Å². The fourth-order valence-electron chi connectivity index (χ4n) is 2.98. The van der Waals surface area contributed by atoms with Crippen LogP contribution in [0.25, 0.3) is 0 Å². The van der Waals surface area contributed by atoms with E-state index >= 15 is 0 Å². The Kier molecular flexibility index (Phi) is 6.86. The van der Waals surface area contributed by atoms with Crippen molar-refractivity contribution in [1.82, 2.24) is 4.31 Å². The number of morpholine rings is 1. The molecule has 6 nitrogen and oxygen atoms in total. The Hall–Kier alpha value is -1.64. The van der Waals surface area contributed by atoms with Gasteiger partial charge in [0.25, 0.3) is 5.91 Å². The summed E-state index contributed by atoms with van der Waals surface area (Å²) in [5, 5.41) is 2.80. The van der Waals surface area contributed by atoms with E-state index in [4.69, 9.17) is 27.9 Å². The summed E-state index contributed by atoms with van der Waals surface area (Å²) in [6.07, 6.45) is 0. The average Bonchev–Trinajstić information content (AvgIpc) is 2.68. The summed E-state index contributed by atoms with van der Waals surface area (Å²) in [5.41, 5.74) is 1.77. The summed E-state index contributed by atoms with van der Waals surface area (Å²) in [4.78, 5) is 12.6. The van der Waals surface area contributed by atoms with Gasteiger partial charge in [-0.25, -0.2) is 8.42 Å². The predicted octanol–water partition coefficient (Wildman–Crippen LogP) is 4.39. The number of ether oxygens (including phenoxy) is 1. The van der Waals surface area contributed by atoms with Crippen molar-refractivity contribution in [2.24, 2.45) is 0 Å². The molecule has 1 aliphatic heterocycles. The lowest BCUT2D eigenvalue weighted by Gasteiger charge is -2.26. The second-order valence-electron chi connectivity index (χ2n) is 7.01. The molecule has 0 atom stereocenters. The number of carbonyl (C=O) groups is 1. The molecule has 2 aromatic carbocycles. The molecule has 1 N–H and O–H groups in total. The van der Waals surface area contributed by atoms with Crippen LogP contribution in [-0.2, 0) is 14.8 Å². The van der Waals surface area contributed by atoms with Crippen molar-refractivity contribution in [2.75, 3.05) is 31.6 Å². The summed E-state index contributed by atoms with van der Waals surface area (Å²) >= 11 is 12.4. The third-order valence-corrected chi connectivity index (χ3v) is 7.37. The molecule has 0 saturated carbocycles. The number of nitrogens with one attached hydrogen (secondary N) is 1. The van der Waals surface area contributed by atoms with Crippen LogP contribution in [0.5, 0.6) is 0 Å². The van der Waals surface area contributed by atoms with E-state index in [-0.39, 0.29) is 33.6 Å². The highest BCUT2D eigenvalue weighted by atomic mass is 35.5. The summed E-state index contributed by atoms with van der Waals surface area (Å²) < 4.78 is 32.4. The van der Waals surface area contributed by atoms with Crippen molar-refractivity contribution < 1.29 is 17.9 Å². The molecule has 1 saturated heterocycles. The highest BCUT2D eigenvalue weighted by Gasteiger charge is 2.30. The van der Waals surface area contributed by atoms with Crippen LogP contribution in [0.4, 0.5) is 5.69 Å². The summed E-state index contributed by atoms with van der Waals surface area (Å²) in [6.45, 7) is 5.24.